The minimum atomic E-state index is -0.145. The van der Waals surface area contributed by atoms with Crippen LogP contribution in [-0.4, -0.2) is 38.6 Å². The second kappa shape index (κ2) is 6.40. The van der Waals surface area contributed by atoms with E-state index in [2.05, 4.69) is 20.4 Å². The van der Waals surface area contributed by atoms with Gasteiger partial charge >= 0.3 is 0 Å². The Balaban J connectivity index is 1.32. The predicted molar refractivity (Wildman–Crippen MR) is 83.5 cm³/mol. The molecule has 1 unspecified atom stereocenters. The molecule has 1 saturated heterocycles. The molecule has 4 rings (SSSR count). The van der Waals surface area contributed by atoms with Crippen LogP contribution in [0.4, 0.5) is 0 Å². The van der Waals surface area contributed by atoms with Gasteiger partial charge in [0, 0.05) is 38.2 Å². The Morgan fingerprint density at radius 2 is 2.38 bits per heavy atom. The monoisotopic (exact) mass is 327 g/mol. The first kappa shape index (κ1) is 14.8. The number of nitrogens with one attached hydrogen (secondary N) is 1. The van der Waals surface area contributed by atoms with Gasteiger partial charge in [0.2, 0.25) is 0 Å². The molecule has 0 aliphatic carbocycles. The lowest BCUT2D eigenvalue weighted by atomic mass is 10.2. The molecule has 0 radical (unpaired) electrons. The summed E-state index contributed by atoms with van der Waals surface area (Å²) in [5, 5.41) is 6.79. The molecule has 3 aromatic rings. The first-order valence-electron chi connectivity index (χ1n) is 7.94. The van der Waals surface area contributed by atoms with E-state index in [0.717, 1.165) is 25.1 Å². The minimum Gasteiger partial charge on any atom is -0.368 e. The molecule has 0 aromatic carbocycles. The maximum atomic E-state index is 12.2. The van der Waals surface area contributed by atoms with E-state index < -0.39 is 0 Å². The number of aromatic nitrogens is 4. The summed E-state index contributed by atoms with van der Waals surface area (Å²) in [6.45, 7) is 1.17. The summed E-state index contributed by atoms with van der Waals surface area (Å²) < 4.78 is 12.5. The van der Waals surface area contributed by atoms with Crippen LogP contribution in [0.2, 0.25) is 0 Å². The molecule has 1 aliphatic heterocycles. The van der Waals surface area contributed by atoms with Crippen molar-refractivity contribution in [2.24, 2.45) is 0 Å². The average molecular weight is 327 g/mol. The van der Waals surface area contributed by atoms with E-state index in [1.165, 1.54) is 0 Å². The number of hydrogen-bond donors (Lipinski definition) is 1. The van der Waals surface area contributed by atoms with Crippen LogP contribution in [0.3, 0.4) is 0 Å². The van der Waals surface area contributed by atoms with Gasteiger partial charge in [0.05, 0.1) is 5.56 Å². The van der Waals surface area contributed by atoms with Crippen molar-refractivity contribution in [3.63, 3.8) is 0 Å². The summed E-state index contributed by atoms with van der Waals surface area (Å²) in [6.07, 6.45) is 7.60. The molecule has 124 valence electrons. The summed E-state index contributed by atoms with van der Waals surface area (Å²) in [5.74, 6) is 0.957. The maximum Gasteiger partial charge on any atom is 0.255 e. The Morgan fingerprint density at radius 3 is 3.25 bits per heavy atom. The van der Waals surface area contributed by atoms with E-state index in [-0.39, 0.29) is 12.0 Å². The largest absolute Gasteiger partial charge is 0.368 e. The summed E-state index contributed by atoms with van der Waals surface area (Å²) in [7, 11) is 0. The second-order valence-corrected chi connectivity index (χ2v) is 5.67. The number of ether oxygens (including phenoxy) is 1. The predicted octanol–water partition coefficient (Wildman–Crippen LogP) is 1.54. The number of rotatable bonds is 5. The summed E-state index contributed by atoms with van der Waals surface area (Å²) >= 11 is 0. The van der Waals surface area contributed by atoms with Crippen molar-refractivity contribution in [2.75, 3.05) is 13.2 Å². The van der Waals surface area contributed by atoms with E-state index in [1.807, 2.05) is 10.5 Å². The molecule has 8 heteroatoms. The number of carbonyl (C=O) groups excluding carboxylic acids is 1. The highest BCUT2D eigenvalue weighted by molar-refractivity contribution is 5.94. The molecule has 24 heavy (non-hydrogen) atoms. The van der Waals surface area contributed by atoms with Crippen molar-refractivity contribution >= 4 is 11.6 Å². The number of pyridine rings is 1. The number of fused-ring (bicyclic) bond motifs is 1. The highest BCUT2D eigenvalue weighted by Crippen LogP contribution is 2.26. The SMILES string of the molecule is O=C(NCCc1noc(C2CCCO2)n1)c1ccc2nccn2c1. The van der Waals surface area contributed by atoms with Gasteiger partial charge in [-0.2, -0.15) is 4.98 Å². The van der Waals surface area contributed by atoms with Gasteiger partial charge in [0.25, 0.3) is 11.8 Å². The third-order valence-corrected chi connectivity index (χ3v) is 3.97. The standard InChI is InChI=1S/C16H17N5O3/c22-15(11-3-4-14-17-7-8-21(14)10-11)18-6-5-13-19-16(24-20-13)12-2-1-9-23-12/h3-4,7-8,10,12H,1-2,5-6,9H2,(H,18,22). The first-order valence-corrected chi connectivity index (χ1v) is 7.94. The third kappa shape index (κ3) is 3.00. The van der Waals surface area contributed by atoms with Crippen molar-refractivity contribution < 1.29 is 14.1 Å². The van der Waals surface area contributed by atoms with E-state index in [4.69, 9.17) is 9.26 Å². The maximum absolute atomic E-state index is 12.2. The normalized spacial score (nSPS) is 17.4. The molecular weight excluding hydrogens is 310 g/mol. The lowest BCUT2D eigenvalue weighted by molar-refractivity contribution is 0.0835. The summed E-state index contributed by atoms with van der Waals surface area (Å²) in [6, 6.07) is 3.56. The Morgan fingerprint density at radius 1 is 1.42 bits per heavy atom. The van der Waals surface area contributed by atoms with Crippen LogP contribution in [0, 0.1) is 0 Å². The summed E-state index contributed by atoms with van der Waals surface area (Å²) in [5.41, 5.74) is 1.38. The average Bonchev–Trinajstić information content (AvgIpc) is 3.34. The summed E-state index contributed by atoms with van der Waals surface area (Å²) in [4.78, 5) is 20.7. The van der Waals surface area contributed by atoms with E-state index in [1.54, 1.807) is 24.7 Å². The van der Waals surface area contributed by atoms with Crippen LogP contribution in [-0.2, 0) is 11.2 Å². The van der Waals surface area contributed by atoms with Crippen molar-refractivity contribution in [1.29, 1.82) is 0 Å². The topological polar surface area (TPSA) is 94.5 Å². The molecule has 1 N–H and O–H groups in total. The van der Waals surface area contributed by atoms with Crippen molar-refractivity contribution in [1.82, 2.24) is 24.8 Å². The van der Waals surface area contributed by atoms with E-state index in [0.29, 0.717) is 30.2 Å². The van der Waals surface area contributed by atoms with Crippen molar-refractivity contribution in [3.8, 4) is 0 Å². The highest BCUT2D eigenvalue weighted by Gasteiger charge is 2.23. The molecule has 0 bridgehead atoms. The third-order valence-electron chi connectivity index (χ3n) is 3.97. The molecule has 8 nitrogen and oxygen atoms in total. The van der Waals surface area contributed by atoms with Gasteiger partial charge in [-0.15, -0.1) is 0 Å². The Hall–Kier alpha value is -2.74. The molecular formula is C16H17N5O3. The molecule has 0 saturated carbocycles. The van der Waals surface area contributed by atoms with Gasteiger partial charge in [-0.3, -0.25) is 4.79 Å². The van der Waals surface area contributed by atoms with Crippen LogP contribution < -0.4 is 5.32 Å². The second-order valence-electron chi connectivity index (χ2n) is 5.67. The van der Waals surface area contributed by atoms with Crippen molar-refractivity contribution in [2.45, 2.75) is 25.4 Å². The fourth-order valence-corrected chi connectivity index (χ4v) is 2.72. The lowest BCUT2D eigenvalue weighted by Crippen LogP contribution is -2.26. The molecule has 1 amide bonds. The van der Waals surface area contributed by atoms with Crippen LogP contribution in [0.1, 0.15) is 41.0 Å². The van der Waals surface area contributed by atoms with Gasteiger partial charge in [-0.1, -0.05) is 5.16 Å². The Labute approximate surface area is 137 Å². The van der Waals surface area contributed by atoms with Gasteiger partial charge < -0.3 is 19.0 Å². The Kier molecular flexibility index (Phi) is 3.96. The fraction of sp³-hybridized carbons (Fsp3) is 0.375. The number of hydrogen-bond acceptors (Lipinski definition) is 6. The quantitative estimate of drug-likeness (QED) is 0.764. The smallest absolute Gasteiger partial charge is 0.255 e. The van der Waals surface area contributed by atoms with Crippen LogP contribution in [0.15, 0.2) is 35.2 Å². The zero-order valence-corrected chi connectivity index (χ0v) is 13.0. The van der Waals surface area contributed by atoms with Gasteiger partial charge in [0.15, 0.2) is 5.82 Å². The zero-order valence-electron chi connectivity index (χ0n) is 13.0. The van der Waals surface area contributed by atoms with Crippen LogP contribution in [0.5, 0.6) is 0 Å². The van der Waals surface area contributed by atoms with Crippen LogP contribution >= 0.6 is 0 Å². The molecule has 0 spiro atoms. The van der Waals surface area contributed by atoms with Crippen molar-refractivity contribution in [3.05, 3.63) is 48.0 Å². The van der Waals surface area contributed by atoms with E-state index in [9.17, 15) is 4.79 Å². The zero-order chi connectivity index (χ0) is 16.4. The Bertz CT molecular complexity index is 850. The van der Waals surface area contributed by atoms with Gasteiger partial charge in [0.1, 0.15) is 11.8 Å². The van der Waals surface area contributed by atoms with Gasteiger partial charge in [-0.25, -0.2) is 4.98 Å². The fourth-order valence-electron chi connectivity index (χ4n) is 2.72. The van der Waals surface area contributed by atoms with Gasteiger partial charge in [-0.05, 0) is 25.0 Å². The number of carbonyl (C=O) groups is 1. The molecule has 3 aromatic heterocycles. The molecule has 1 aliphatic rings. The first-order chi connectivity index (χ1) is 11.8. The minimum absolute atomic E-state index is 0.0808. The van der Waals surface area contributed by atoms with Crippen LogP contribution in [0.25, 0.3) is 5.65 Å². The highest BCUT2D eigenvalue weighted by atomic mass is 16.5. The molecule has 4 heterocycles. The number of amides is 1. The lowest BCUT2D eigenvalue weighted by Gasteiger charge is -2.04. The van der Waals surface area contributed by atoms with E-state index >= 15 is 0 Å². The number of nitrogens with zero attached hydrogens (tertiary/aromatic N) is 4. The molecule has 1 fully saturated rings. The number of imidazole rings is 1. The molecule has 1 atom stereocenters.